The maximum atomic E-state index is 14.6. The molecule has 0 N–H and O–H groups in total. The summed E-state index contributed by atoms with van der Waals surface area (Å²) in [5.41, 5.74) is -0.536. The summed E-state index contributed by atoms with van der Waals surface area (Å²) in [6.07, 6.45) is 1.44. The maximum Gasteiger partial charge on any atom is 0.339 e. The summed E-state index contributed by atoms with van der Waals surface area (Å²) in [7, 11) is 0. The Bertz CT molecular complexity index is 1340. The third-order valence-electron chi connectivity index (χ3n) is 4.84. The Morgan fingerprint density at radius 1 is 0.943 bits per heavy atom. The van der Waals surface area contributed by atoms with Gasteiger partial charge >= 0.3 is 5.97 Å². The normalized spacial score (nSPS) is 11.3. The minimum absolute atomic E-state index is 0.0603. The van der Waals surface area contributed by atoms with Crippen LogP contribution >= 0.6 is 31.9 Å². The Labute approximate surface area is 216 Å². The first-order chi connectivity index (χ1) is 16.8. The van der Waals surface area contributed by atoms with Crippen LogP contribution in [0.5, 0.6) is 11.5 Å². The van der Waals surface area contributed by atoms with Gasteiger partial charge in [0.2, 0.25) is 11.6 Å². The highest BCUT2D eigenvalue weighted by Gasteiger charge is 2.27. The molecular formula is C25H15Br2F3N2O3. The summed E-state index contributed by atoms with van der Waals surface area (Å²) in [6.45, 7) is 0. The first-order valence-electron chi connectivity index (χ1n) is 10.1. The van der Waals surface area contributed by atoms with Gasteiger partial charge in [-0.05, 0) is 58.1 Å². The molecule has 0 aliphatic rings. The number of nitrogens with zero attached hydrogens (tertiary/aromatic N) is 2. The third kappa shape index (κ3) is 5.84. The molecule has 10 heteroatoms. The van der Waals surface area contributed by atoms with Crippen LogP contribution in [0.15, 0.2) is 48.5 Å². The van der Waals surface area contributed by atoms with Gasteiger partial charge in [-0.1, -0.05) is 46.3 Å². The zero-order valence-electron chi connectivity index (χ0n) is 17.8. The number of carbonyl (C=O) groups excluding carboxylic acids is 1. The monoisotopic (exact) mass is 606 g/mol. The van der Waals surface area contributed by atoms with Crippen molar-refractivity contribution in [2.45, 2.75) is 17.9 Å². The van der Waals surface area contributed by atoms with Gasteiger partial charge in [0, 0.05) is 5.33 Å². The average Bonchev–Trinajstić information content (AvgIpc) is 2.87. The van der Waals surface area contributed by atoms with E-state index in [1.807, 2.05) is 0 Å². The molecule has 0 fully saturated rings. The molecule has 0 radical (unpaired) electrons. The lowest BCUT2D eigenvalue weighted by Gasteiger charge is -2.14. The molecule has 3 rings (SSSR count). The molecule has 0 aromatic heterocycles. The molecule has 0 aliphatic heterocycles. The maximum absolute atomic E-state index is 14.6. The van der Waals surface area contributed by atoms with Crippen LogP contribution in [0.3, 0.4) is 0 Å². The number of carbonyl (C=O) groups is 1. The SMILES string of the molecule is N#Cc1c(F)c(F)c(Oc2ccc(-c3ccccc3C(=O)OC(Br)CCCBr)cc2)c(F)c1C#N. The number of rotatable bonds is 8. The molecule has 0 amide bonds. The molecule has 0 bridgehead atoms. The zero-order valence-corrected chi connectivity index (χ0v) is 21.0. The van der Waals surface area contributed by atoms with Crippen molar-refractivity contribution in [3.05, 3.63) is 82.7 Å². The predicted octanol–water partition coefficient (Wildman–Crippen LogP) is 7.36. The van der Waals surface area contributed by atoms with Gasteiger partial charge < -0.3 is 9.47 Å². The Kier molecular flexibility index (Phi) is 8.91. The standard InChI is InChI=1S/C25H15Br2F3N2O3/c26-11-3-6-20(27)35-25(33)17-5-2-1-4-16(17)14-7-9-15(10-8-14)34-24-22(29)19(13-32)18(12-31)21(28)23(24)30/h1-2,4-5,7-10,20H,3,6,11H2. The number of nitriles is 2. The smallest absolute Gasteiger partial charge is 0.339 e. The van der Waals surface area contributed by atoms with Gasteiger partial charge in [-0.2, -0.15) is 14.9 Å². The number of hydrogen-bond donors (Lipinski definition) is 0. The fraction of sp³-hybridized carbons (Fsp3) is 0.160. The lowest BCUT2D eigenvalue weighted by Crippen LogP contribution is -2.13. The Balaban J connectivity index is 1.88. The van der Waals surface area contributed by atoms with E-state index in [0.29, 0.717) is 23.1 Å². The summed E-state index contributed by atoms with van der Waals surface area (Å²) in [4.78, 5) is 12.7. The van der Waals surface area contributed by atoms with Gasteiger partial charge in [0.25, 0.3) is 0 Å². The van der Waals surface area contributed by atoms with Crippen molar-refractivity contribution in [1.82, 2.24) is 0 Å². The molecular weight excluding hydrogens is 593 g/mol. The zero-order chi connectivity index (χ0) is 25.5. The van der Waals surface area contributed by atoms with E-state index < -0.39 is 45.3 Å². The molecule has 0 heterocycles. The first-order valence-corrected chi connectivity index (χ1v) is 12.1. The number of benzene rings is 3. The highest BCUT2D eigenvalue weighted by atomic mass is 79.9. The lowest BCUT2D eigenvalue weighted by molar-refractivity contribution is 0.0459. The van der Waals surface area contributed by atoms with Crippen LogP contribution in [0.25, 0.3) is 11.1 Å². The van der Waals surface area contributed by atoms with Crippen LogP contribution in [0.4, 0.5) is 13.2 Å². The van der Waals surface area contributed by atoms with Crippen molar-refractivity contribution in [2.24, 2.45) is 0 Å². The molecule has 1 atom stereocenters. The van der Waals surface area contributed by atoms with Crippen molar-refractivity contribution in [3.63, 3.8) is 0 Å². The summed E-state index contributed by atoms with van der Waals surface area (Å²) in [5.74, 6) is -6.61. The van der Waals surface area contributed by atoms with Crippen molar-refractivity contribution in [3.8, 4) is 34.8 Å². The van der Waals surface area contributed by atoms with Gasteiger partial charge in [-0.15, -0.1) is 0 Å². The van der Waals surface area contributed by atoms with E-state index in [1.54, 1.807) is 36.4 Å². The highest BCUT2D eigenvalue weighted by Crippen LogP contribution is 2.35. The van der Waals surface area contributed by atoms with E-state index in [4.69, 9.17) is 20.0 Å². The first kappa shape index (κ1) is 26.3. The molecule has 178 valence electrons. The molecule has 0 saturated heterocycles. The van der Waals surface area contributed by atoms with Gasteiger partial charge in [0.15, 0.2) is 16.6 Å². The second kappa shape index (κ2) is 11.9. The van der Waals surface area contributed by atoms with E-state index in [1.165, 1.54) is 24.3 Å². The molecule has 35 heavy (non-hydrogen) atoms. The molecule has 5 nitrogen and oxygen atoms in total. The highest BCUT2D eigenvalue weighted by molar-refractivity contribution is 9.09. The largest absolute Gasteiger partial charge is 0.451 e. The van der Waals surface area contributed by atoms with Crippen molar-refractivity contribution in [1.29, 1.82) is 10.5 Å². The molecule has 3 aromatic carbocycles. The van der Waals surface area contributed by atoms with Gasteiger partial charge in [0.1, 0.15) is 29.0 Å². The summed E-state index contributed by atoms with van der Waals surface area (Å²) >= 11 is 6.65. The van der Waals surface area contributed by atoms with Crippen molar-refractivity contribution in [2.75, 3.05) is 5.33 Å². The van der Waals surface area contributed by atoms with E-state index in [0.717, 1.165) is 11.8 Å². The minimum atomic E-state index is -1.72. The number of alkyl halides is 2. The third-order valence-corrected chi connectivity index (χ3v) is 6.04. The van der Waals surface area contributed by atoms with Crippen LogP contribution < -0.4 is 4.74 Å². The molecule has 0 aliphatic carbocycles. The quantitative estimate of drug-likeness (QED) is 0.152. The van der Waals surface area contributed by atoms with Crippen LogP contribution in [-0.4, -0.2) is 16.3 Å². The number of esters is 1. The van der Waals surface area contributed by atoms with Gasteiger partial charge in [-0.3, -0.25) is 0 Å². The fourth-order valence-electron chi connectivity index (χ4n) is 3.15. The van der Waals surface area contributed by atoms with Crippen LogP contribution in [0.1, 0.15) is 34.3 Å². The van der Waals surface area contributed by atoms with Gasteiger partial charge in [-0.25, -0.2) is 13.6 Å². The molecule has 3 aromatic rings. The summed E-state index contributed by atoms with van der Waals surface area (Å²) < 4.78 is 53.6. The molecule has 0 spiro atoms. The minimum Gasteiger partial charge on any atom is -0.451 e. The summed E-state index contributed by atoms with van der Waals surface area (Å²) in [5, 5.41) is 18.3. The second-order valence-electron chi connectivity index (χ2n) is 7.06. The fourth-order valence-corrected chi connectivity index (χ4v) is 3.97. The predicted molar refractivity (Wildman–Crippen MR) is 129 cm³/mol. The Morgan fingerprint density at radius 2 is 1.57 bits per heavy atom. The van der Waals surface area contributed by atoms with Gasteiger partial charge in [0.05, 0.1) is 5.56 Å². The molecule has 1 unspecified atom stereocenters. The summed E-state index contributed by atoms with van der Waals surface area (Å²) in [6, 6.07) is 15.2. The van der Waals surface area contributed by atoms with E-state index >= 15 is 0 Å². The Morgan fingerprint density at radius 3 is 2.20 bits per heavy atom. The van der Waals surface area contributed by atoms with Crippen LogP contribution in [0.2, 0.25) is 0 Å². The van der Waals surface area contributed by atoms with Crippen molar-refractivity contribution >= 4 is 37.8 Å². The topological polar surface area (TPSA) is 83.1 Å². The second-order valence-corrected chi connectivity index (χ2v) is 8.88. The number of ether oxygens (including phenoxy) is 2. The van der Waals surface area contributed by atoms with Crippen LogP contribution in [0, 0.1) is 40.1 Å². The Hall–Kier alpha value is -3.34. The average molecular weight is 608 g/mol. The molecule has 0 saturated carbocycles. The van der Waals surface area contributed by atoms with E-state index in [2.05, 4.69) is 31.9 Å². The van der Waals surface area contributed by atoms with Crippen LogP contribution in [-0.2, 0) is 4.74 Å². The number of hydrogen-bond acceptors (Lipinski definition) is 5. The number of halogens is 5. The van der Waals surface area contributed by atoms with E-state index in [-0.39, 0.29) is 5.75 Å². The lowest BCUT2D eigenvalue weighted by atomic mass is 9.99. The van der Waals surface area contributed by atoms with E-state index in [9.17, 15) is 18.0 Å². The van der Waals surface area contributed by atoms with Crippen molar-refractivity contribution < 1.29 is 27.4 Å².